The minimum atomic E-state index is -0.252. The number of anilines is 1. The largest absolute Gasteiger partial charge is 0.484 e. The minimum absolute atomic E-state index is 0.0889. The maximum Gasteiger partial charge on any atom is 0.262 e. The van der Waals surface area contributed by atoms with Crippen molar-refractivity contribution in [1.82, 2.24) is 5.32 Å². The van der Waals surface area contributed by atoms with E-state index in [1.807, 2.05) is 63.2 Å². The van der Waals surface area contributed by atoms with E-state index >= 15 is 0 Å². The molecule has 0 heterocycles. The minimum Gasteiger partial charge on any atom is -0.484 e. The van der Waals surface area contributed by atoms with Crippen molar-refractivity contribution in [3.05, 3.63) is 71.8 Å². The SMILES string of the molecule is Cc1cc(C(=O)NCC(C)C)ccc1NC(=O)COc1ccc2ccccc2c1. The first-order valence-electron chi connectivity index (χ1n) is 9.72. The van der Waals surface area contributed by atoms with Crippen molar-refractivity contribution < 1.29 is 14.3 Å². The van der Waals surface area contributed by atoms with Gasteiger partial charge in [-0.05, 0) is 59.5 Å². The Morgan fingerprint density at radius 3 is 2.45 bits per heavy atom. The zero-order valence-electron chi connectivity index (χ0n) is 17.0. The molecule has 0 unspecified atom stereocenters. The predicted molar refractivity (Wildman–Crippen MR) is 116 cm³/mol. The fourth-order valence-electron chi connectivity index (χ4n) is 2.94. The molecule has 3 rings (SSSR count). The van der Waals surface area contributed by atoms with Crippen molar-refractivity contribution in [2.45, 2.75) is 20.8 Å². The van der Waals surface area contributed by atoms with Crippen LogP contribution in [0.15, 0.2) is 60.7 Å². The van der Waals surface area contributed by atoms with Crippen LogP contribution in [-0.2, 0) is 4.79 Å². The van der Waals surface area contributed by atoms with E-state index in [1.165, 1.54) is 0 Å². The van der Waals surface area contributed by atoms with Crippen LogP contribution in [0.5, 0.6) is 5.75 Å². The number of hydrogen-bond acceptors (Lipinski definition) is 3. The fourth-order valence-corrected chi connectivity index (χ4v) is 2.94. The lowest BCUT2D eigenvalue weighted by molar-refractivity contribution is -0.118. The molecule has 5 heteroatoms. The van der Waals surface area contributed by atoms with Gasteiger partial charge in [-0.3, -0.25) is 9.59 Å². The molecular formula is C24H26N2O3. The number of carbonyl (C=O) groups excluding carboxylic acids is 2. The number of nitrogens with one attached hydrogen (secondary N) is 2. The molecule has 2 amide bonds. The standard InChI is InChI=1S/C24H26N2O3/c1-16(2)14-25-24(28)20-9-11-22(17(3)12-20)26-23(27)15-29-21-10-8-18-6-4-5-7-19(18)13-21/h4-13,16H,14-15H2,1-3H3,(H,25,28)(H,26,27). The summed E-state index contributed by atoms with van der Waals surface area (Å²) in [5.74, 6) is 0.673. The maximum absolute atomic E-state index is 12.3. The summed E-state index contributed by atoms with van der Waals surface area (Å²) in [6.45, 7) is 6.49. The Hall–Kier alpha value is -3.34. The third-order valence-corrected chi connectivity index (χ3v) is 4.52. The van der Waals surface area contributed by atoms with Gasteiger partial charge in [0.25, 0.3) is 11.8 Å². The molecule has 150 valence electrons. The van der Waals surface area contributed by atoms with E-state index in [0.717, 1.165) is 16.3 Å². The lowest BCUT2D eigenvalue weighted by atomic mass is 10.1. The first kappa shape index (κ1) is 20.4. The van der Waals surface area contributed by atoms with E-state index in [1.54, 1.807) is 18.2 Å². The lowest BCUT2D eigenvalue weighted by Gasteiger charge is -2.12. The quantitative estimate of drug-likeness (QED) is 0.622. The number of carbonyl (C=O) groups is 2. The van der Waals surface area contributed by atoms with Crippen molar-refractivity contribution in [2.75, 3.05) is 18.5 Å². The summed E-state index contributed by atoms with van der Waals surface area (Å²) in [7, 11) is 0. The first-order valence-corrected chi connectivity index (χ1v) is 9.72. The van der Waals surface area contributed by atoms with Crippen LogP contribution in [0.4, 0.5) is 5.69 Å². The Morgan fingerprint density at radius 1 is 0.966 bits per heavy atom. The summed E-state index contributed by atoms with van der Waals surface area (Å²) in [5, 5.41) is 7.91. The number of fused-ring (bicyclic) bond motifs is 1. The smallest absolute Gasteiger partial charge is 0.262 e. The summed E-state index contributed by atoms with van der Waals surface area (Å²) in [6, 6.07) is 18.9. The highest BCUT2D eigenvalue weighted by Gasteiger charge is 2.10. The Morgan fingerprint density at radius 2 is 1.72 bits per heavy atom. The highest BCUT2D eigenvalue weighted by Crippen LogP contribution is 2.21. The summed E-state index contributed by atoms with van der Waals surface area (Å²) in [5.41, 5.74) is 2.06. The summed E-state index contributed by atoms with van der Waals surface area (Å²) < 4.78 is 5.63. The van der Waals surface area contributed by atoms with Crippen LogP contribution in [0.1, 0.15) is 29.8 Å². The maximum atomic E-state index is 12.3. The van der Waals surface area contributed by atoms with Crippen molar-refractivity contribution in [3.63, 3.8) is 0 Å². The van der Waals surface area contributed by atoms with Gasteiger partial charge < -0.3 is 15.4 Å². The van der Waals surface area contributed by atoms with E-state index in [4.69, 9.17) is 4.74 Å². The Labute approximate surface area is 171 Å². The molecule has 0 spiro atoms. The third-order valence-electron chi connectivity index (χ3n) is 4.52. The van der Waals surface area contributed by atoms with E-state index in [2.05, 4.69) is 10.6 Å². The molecule has 3 aromatic rings. The zero-order valence-corrected chi connectivity index (χ0v) is 17.0. The number of aryl methyl sites for hydroxylation is 1. The van der Waals surface area contributed by atoms with Crippen molar-refractivity contribution in [2.24, 2.45) is 5.92 Å². The van der Waals surface area contributed by atoms with E-state index in [0.29, 0.717) is 29.5 Å². The van der Waals surface area contributed by atoms with Crippen LogP contribution >= 0.6 is 0 Å². The molecule has 29 heavy (non-hydrogen) atoms. The third kappa shape index (κ3) is 5.57. The van der Waals surface area contributed by atoms with Crippen LogP contribution in [0.3, 0.4) is 0 Å². The van der Waals surface area contributed by atoms with Crippen LogP contribution < -0.4 is 15.4 Å². The van der Waals surface area contributed by atoms with Gasteiger partial charge in [-0.25, -0.2) is 0 Å². The molecule has 0 aromatic heterocycles. The van der Waals surface area contributed by atoms with E-state index < -0.39 is 0 Å². The number of rotatable bonds is 7. The normalized spacial score (nSPS) is 10.8. The van der Waals surface area contributed by atoms with Gasteiger partial charge in [0, 0.05) is 17.8 Å². The number of ether oxygens (including phenoxy) is 1. The van der Waals surface area contributed by atoms with E-state index in [-0.39, 0.29) is 18.4 Å². The Balaban J connectivity index is 1.57. The molecule has 0 fully saturated rings. The average Bonchev–Trinajstić information content (AvgIpc) is 2.71. The van der Waals surface area contributed by atoms with Crippen molar-refractivity contribution in [3.8, 4) is 5.75 Å². The molecule has 0 saturated carbocycles. The molecule has 0 saturated heterocycles. The van der Waals surface area contributed by atoms with Gasteiger partial charge >= 0.3 is 0 Å². The van der Waals surface area contributed by atoms with Crippen molar-refractivity contribution >= 4 is 28.3 Å². The van der Waals surface area contributed by atoms with Gasteiger partial charge in [0.05, 0.1) is 0 Å². The molecule has 2 N–H and O–H groups in total. The number of amides is 2. The molecule has 5 nitrogen and oxygen atoms in total. The van der Waals surface area contributed by atoms with Gasteiger partial charge in [-0.1, -0.05) is 44.2 Å². The molecule has 0 bridgehead atoms. The second-order valence-corrected chi connectivity index (χ2v) is 7.48. The van der Waals surface area contributed by atoms with Crippen LogP contribution in [0, 0.1) is 12.8 Å². The monoisotopic (exact) mass is 390 g/mol. The molecule has 0 aliphatic carbocycles. The van der Waals surface area contributed by atoms with E-state index in [9.17, 15) is 9.59 Å². The highest BCUT2D eigenvalue weighted by molar-refractivity contribution is 5.97. The molecule has 0 aliphatic rings. The average molecular weight is 390 g/mol. The molecule has 0 radical (unpaired) electrons. The van der Waals surface area contributed by atoms with Crippen LogP contribution in [-0.4, -0.2) is 25.0 Å². The summed E-state index contributed by atoms with van der Waals surface area (Å²) in [4.78, 5) is 24.5. The summed E-state index contributed by atoms with van der Waals surface area (Å²) in [6.07, 6.45) is 0. The second-order valence-electron chi connectivity index (χ2n) is 7.48. The Kier molecular flexibility index (Phi) is 6.50. The van der Waals surface area contributed by atoms with Gasteiger partial charge in [0.15, 0.2) is 6.61 Å². The number of benzene rings is 3. The second kappa shape index (κ2) is 9.24. The number of hydrogen-bond donors (Lipinski definition) is 2. The molecule has 0 aliphatic heterocycles. The molecule has 0 atom stereocenters. The van der Waals surface area contributed by atoms with Gasteiger partial charge in [-0.15, -0.1) is 0 Å². The summed E-state index contributed by atoms with van der Waals surface area (Å²) >= 11 is 0. The van der Waals surface area contributed by atoms with Crippen LogP contribution in [0.25, 0.3) is 10.8 Å². The fraction of sp³-hybridized carbons (Fsp3) is 0.250. The highest BCUT2D eigenvalue weighted by atomic mass is 16.5. The van der Waals surface area contributed by atoms with Gasteiger partial charge in [0.2, 0.25) is 0 Å². The Bertz CT molecular complexity index is 1030. The van der Waals surface area contributed by atoms with Gasteiger partial charge in [-0.2, -0.15) is 0 Å². The first-order chi connectivity index (χ1) is 13.9. The lowest BCUT2D eigenvalue weighted by Crippen LogP contribution is -2.27. The predicted octanol–water partition coefficient (Wildman–Crippen LogP) is 4.55. The topological polar surface area (TPSA) is 67.4 Å². The van der Waals surface area contributed by atoms with Crippen LogP contribution in [0.2, 0.25) is 0 Å². The molecular weight excluding hydrogens is 364 g/mol. The molecule has 3 aromatic carbocycles. The van der Waals surface area contributed by atoms with Crippen molar-refractivity contribution in [1.29, 1.82) is 0 Å². The zero-order chi connectivity index (χ0) is 20.8. The van der Waals surface area contributed by atoms with Gasteiger partial charge in [0.1, 0.15) is 5.75 Å².